The largest absolute Gasteiger partial charge is 0.296 e. The van der Waals surface area contributed by atoms with Crippen LogP contribution in [0.3, 0.4) is 0 Å². The fourth-order valence-corrected chi connectivity index (χ4v) is 2.32. The van der Waals surface area contributed by atoms with Gasteiger partial charge in [0.1, 0.15) is 5.82 Å². The molecule has 1 amide bonds. The summed E-state index contributed by atoms with van der Waals surface area (Å²) in [6.07, 6.45) is 3.09. The third-order valence-corrected chi connectivity index (χ3v) is 3.23. The van der Waals surface area contributed by atoms with Crippen LogP contribution in [-0.4, -0.2) is 17.4 Å². The lowest BCUT2D eigenvalue weighted by Gasteiger charge is -2.16. The van der Waals surface area contributed by atoms with Crippen molar-refractivity contribution in [3.63, 3.8) is 0 Å². The summed E-state index contributed by atoms with van der Waals surface area (Å²) in [5.74, 6) is 0.956. The molecule has 90 valence electrons. The average Bonchev–Trinajstić information content (AvgIpc) is 2.84. The maximum absolute atomic E-state index is 12.3. The van der Waals surface area contributed by atoms with E-state index in [4.69, 9.17) is 0 Å². The molecule has 0 aliphatic carbocycles. The van der Waals surface area contributed by atoms with Crippen molar-refractivity contribution in [2.75, 3.05) is 11.4 Å². The number of carbonyl (C=O) groups is 1. The van der Waals surface area contributed by atoms with E-state index in [2.05, 4.69) is 4.98 Å². The van der Waals surface area contributed by atoms with Crippen molar-refractivity contribution in [1.82, 2.24) is 4.98 Å². The van der Waals surface area contributed by atoms with Gasteiger partial charge in [-0.25, -0.2) is 4.98 Å². The first kappa shape index (κ1) is 11.0. The number of amides is 1. The standard InChI is InChI=1S/C15H14N2O/c18-14(11-12-5-2-1-3-6-12)17-10-8-13-7-4-9-16-15(13)17/h1-7,9H,8,10-11H2. The summed E-state index contributed by atoms with van der Waals surface area (Å²) >= 11 is 0. The first-order valence-corrected chi connectivity index (χ1v) is 6.13. The van der Waals surface area contributed by atoms with Crippen LogP contribution in [0.4, 0.5) is 5.82 Å². The molecule has 0 atom stereocenters. The molecule has 1 aliphatic rings. The molecule has 0 saturated heterocycles. The lowest BCUT2D eigenvalue weighted by molar-refractivity contribution is -0.117. The Morgan fingerprint density at radius 1 is 1.17 bits per heavy atom. The van der Waals surface area contributed by atoms with Crippen molar-refractivity contribution in [1.29, 1.82) is 0 Å². The molecule has 3 nitrogen and oxygen atoms in total. The van der Waals surface area contributed by atoms with Gasteiger partial charge in [-0.3, -0.25) is 9.69 Å². The second-order valence-electron chi connectivity index (χ2n) is 4.44. The highest BCUT2D eigenvalue weighted by Crippen LogP contribution is 2.25. The molecule has 1 aliphatic heterocycles. The van der Waals surface area contributed by atoms with Crippen LogP contribution >= 0.6 is 0 Å². The fraction of sp³-hybridized carbons (Fsp3) is 0.200. The van der Waals surface area contributed by atoms with E-state index in [0.29, 0.717) is 6.42 Å². The average molecular weight is 238 g/mol. The molecule has 0 radical (unpaired) electrons. The minimum atomic E-state index is 0.124. The maximum atomic E-state index is 12.3. The van der Waals surface area contributed by atoms with Crippen LogP contribution in [0.2, 0.25) is 0 Å². The number of nitrogens with zero attached hydrogens (tertiary/aromatic N) is 2. The summed E-state index contributed by atoms with van der Waals surface area (Å²) in [6, 6.07) is 13.8. The number of pyridine rings is 1. The SMILES string of the molecule is O=C(Cc1ccccc1)N1CCc2cccnc21. The Morgan fingerprint density at radius 2 is 2.00 bits per heavy atom. The van der Waals surface area contributed by atoms with E-state index in [1.165, 1.54) is 5.56 Å². The molecular formula is C15H14N2O. The van der Waals surface area contributed by atoms with Crippen LogP contribution < -0.4 is 4.90 Å². The van der Waals surface area contributed by atoms with Crippen molar-refractivity contribution in [2.24, 2.45) is 0 Å². The first-order chi connectivity index (χ1) is 8.84. The highest BCUT2D eigenvalue weighted by atomic mass is 16.2. The van der Waals surface area contributed by atoms with Gasteiger partial charge in [0.2, 0.25) is 5.91 Å². The van der Waals surface area contributed by atoms with Gasteiger partial charge in [-0.1, -0.05) is 36.4 Å². The van der Waals surface area contributed by atoms with E-state index in [9.17, 15) is 4.79 Å². The summed E-state index contributed by atoms with van der Waals surface area (Å²) in [7, 11) is 0. The van der Waals surface area contributed by atoms with E-state index in [0.717, 1.165) is 24.3 Å². The smallest absolute Gasteiger partial charge is 0.232 e. The molecule has 0 saturated carbocycles. The van der Waals surface area contributed by atoms with Crippen LogP contribution in [0.15, 0.2) is 48.7 Å². The summed E-state index contributed by atoms with van der Waals surface area (Å²) in [5, 5.41) is 0. The summed E-state index contributed by atoms with van der Waals surface area (Å²) in [6.45, 7) is 0.748. The van der Waals surface area contributed by atoms with Crippen LogP contribution in [0.1, 0.15) is 11.1 Å². The monoisotopic (exact) mass is 238 g/mol. The van der Waals surface area contributed by atoms with Gasteiger partial charge < -0.3 is 0 Å². The molecule has 1 aromatic carbocycles. The Labute approximate surface area is 106 Å². The molecule has 18 heavy (non-hydrogen) atoms. The van der Waals surface area contributed by atoms with Crippen molar-refractivity contribution >= 4 is 11.7 Å². The first-order valence-electron chi connectivity index (χ1n) is 6.13. The predicted molar refractivity (Wildman–Crippen MR) is 70.4 cm³/mol. The minimum absolute atomic E-state index is 0.124. The van der Waals surface area contributed by atoms with Crippen molar-refractivity contribution < 1.29 is 4.79 Å². The zero-order chi connectivity index (χ0) is 12.4. The summed E-state index contributed by atoms with van der Waals surface area (Å²) < 4.78 is 0. The van der Waals surface area contributed by atoms with Gasteiger partial charge in [0.25, 0.3) is 0 Å². The fourth-order valence-electron chi connectivity index (χ4n) is 2.32. The van der Waals surface area contributed by atoms with Crippen LogP contribution in [-0.2, 0) is 17.6 Å². The lowest BCUT2D eigenvalue weighted by atomic mass is 10.1. The molecule has 0 unspecified atom stereocenters. The van der Waals surface area contributed by atoms with Gasteiger partial charge in [0.05, 0.1) is 6.42 Å². The molecule has 3 rings (SSSR count). The Kier molecular flexibility index (Phi) is 2.81. The second kappa shape index (κ2) is 4.61. The molecule has 2 heterocycles. The van der Waals surface area contributed by atoms with Gasteiger partial charge in [-0.2, -0.15) is 0 Å². The van der Waals surface area contributed by atoms with Gasteiger partial charge in [0, 0.05) is 12.7 Å². The minimum Gasteiger partial charge on any atom is -0.296 e. The Hall–Kier alpha value is -2.16. The highest BCUT2D eigenvalue weighted by molar-refractivity contribution is 5.95. The number of benzene rings is 1. The predicted octanol–water partition coefficient (Wildman–Crippen LogP) is 2.21. The zero-order valence-corrected chi connectivity index (χ0v) is 10.0. The Morgan fingerprint density at radius 3 is 2.83 bits per heavy atom. The number of aromatic nitrogens is 1. The Balaban J connectivity index is 1.79. The van der Waals surface area contributed by atoms with E-state index in [-0.39, 0.29) is 5.91 Å². The summed E-state index contributed by atoms with van der Waals surface area (Å²) in [4.78, 5) is 18.4. The van der Waals surface area contributed by atoms with Gasteiger partial charge in [0.15, 0.2) is 0 Å². The van der Waals surface area contributed by atoms with Crippen LogP contribution in [0.25, 0.3) is 0 Å². The summed E-state index contributed by atoms with van der Waals surface area (Å²) in [5.41, 5.74) is 2.21. The number of carbonyl (C=O) groups excluding carboxylic acids is 1. The quantitative estimate of drug-likeness (QED) is 0.803. The van der Waals surface area contributed by atoms with Crippen molar-refractivity contribution in [3.05, 3.63) is 59.8 Å². The van der Waals surface area contributed by atoms with Crippen LogP contribution in [0, 0.1) is 0 Å². The third-order valence-electron chi connectivity index (χ3n) is 3.23. The molecule has 0 N–H and O–H groups in total. The van der Waals surface area contributed by atoms with E-state index in [1.54, 1.807) is 11.1 Å². The molecule has 2 aromatic rings. The van der Waals surface area contributed by atoms with E-state index >= 15 is 0 Å². The number of hydrogen-bond acceptors (Lipinski definition) is 2. The molecule has 0 bridgehead atoms. The number of anilines is 1. The second-order valence-corrected chi connectivity index (χ2v) is 4.44. The molecule has 0 spiro atoms. The maximum Gasteiger partial charge on any atom is 0.232 e. The van der Waals surface area contributed by atoms with Crippen molar-refractivity contribution in [3.8, 4) is 0 Å². The number of hydrogen-bond donors (Lipinski definition) is 0. The topological polar surface area (TPSA) is 33.2 Å². The molecule has 3 heteroatoms. The lowest BCUT2D eigenvalue weighted by Crippen LogP contribution is -2.30. The molecular weight excluding hydrogens is 224 g/mol. The zero-order valence-electron chi connectivity index (χ0n) is 10.0. The number of rotatable bonds is 2. The Bertz CT molecular complexity index is 566. The van der Waals surface area contributed by atoms with E-state index in [1.807, 2.05) is 42.5 Å². The molecule has 0 fully saturated rings. The van der Waals surface area contributed by atoms with Gasteiger partial charge in [-0.15, -0.1) is 0 Å². The third kappa shape index (κ3) is 1.99. The van der Waals surface area contributed by atoms with E-state index < -0.39 is 0 Å². The van der Waals surface area contributed by atoms with Gasteiger partial charge >= 0.3 is 0 Å². The molecule has 1 aromatic heterocycles. The van der Waals surface area contributed by atoms with Gasteiger partial charge in [-0.05, 0) is 23.6 Å². The highest BCUT2D eigenvalue weighted by Gasteiger charge is 2.25. The van der Waals surface area contributed by atoms with Crippen molar-refractivity contribution in [2.45, 2.75) is 12.8 Å². The number of fused-ring (bicyclic) bond motifs is 1. The van der Waals surface area contributed by atoms with Crippen LogP contribution in [0.5, 0.6) is 0 Å². The normalized spacial score (nSPS) is 13.4.